The van der Waals surface area contributed by atoms with E-state index < -0.39 is 0 Å². The fourth-order valence-electron chi connectivity index (χ4n) is 2.76. The molecule has 0 bridgehead atoms. The monoisotopic (exact) mass is 224 g/mol. The van der Waals surface area contributed by atoms with Gasteiger partial charge < -0.3 is 9.47 Å². The van der Waals surface area contributed by atoms with Gasteiger partial charge in [0, 0.05) is 12.8 Å². The van der Waals surface area contributed by atoms with Crippen LogP contribution in [0.3, 0.4) is 0 Å². The van der Waals surface area contributed by atoms with Crippen LogP contribution in [0.15, 0.2) is 12.2 Å². The molecular weight excluding hydrogens is 200 g/mol. The minimum atomic E-state index is -0.275. The van der Waals surface area contributed by atoms with E-state index in [0.29, 0.717) is 18.6 Å². The Balaban J connectivity index is 1.92. The third-order valence-electron chi connectivity index (χ3n) is 4.05. The summed E-state index contributed by atoms with van der Waals surface area (Å²) in [4.78, 5) is 0. The zero-order valence-corrected chi connectivity index (χ0v) is 10.8. The number of ether oxygens (including phenoxy) is 2. The van der Waals surface area contributed by atoms with E-state index in [1.54, 1.807) is 0 Å². The minimum absolute atomic E-state index is 0.275. The van der Waals surface area contributed by atoms with Gasteiger partial charge in [0.2, 0.25) is 0 Å². The zero-order valence-electron chi connectivity index (χ0n) is 10.8. The Bertz CT molecular complexity index is 255. The van der Waals surface area contributed by atoms with Gasteiger partial charge in [-0.2, -0.15) is 0 Å². The lowest BCUT2D eigenvalue weighted by Crippen LogP contribution is -2.45. The van der Waals surface area contributed by atoms with E-state index in [2.05, 4.69) is 27.4 Å². The first-order valence-electron chi connectivity index (χ1n) is 6.36. The summed E-state index contributed by atoms with van der Waals surface area (Å²) in [6.07, 6.45) is 4.52. The predicted molar refractivity (Wildman–Crippen MR) is 65.2 cm³/mol. The molecule has 1 aliphatic heterocycles. The van der Waals surface area contributed by atoms with Crippen molar-refractivity contribution in [1.82, 2.24) is 0 Å². The van der Waals surface area contributed by atoms with Crippen LogP contribution in [0.1, 0.15) is 46.5 Å². The van der Waals surface area contributed by atoms with Crippen LogP contribution in [0.5, 0.6) is 0 Å². The van der Waals surface area contributed by atoms with Crippen LogP contribution in [0.4, 0.5) is 0 Å². The van der Waals surface area contributed by atoms with E-state index >= 15 is 0 Å². The molecule has 0 amide bonds. The molecule has 2 heteroatoms. The van der Waals surface area contributed by atoms with Crippen LogP contribution in [-0.2, 0) is 9.47 Å². The molecule has 0 aromatic rings. The zero-order chi connectivity index (χ0) is 11.8. The number of hydrogen-bond acceptors (Lipinski definition) is 2. The SMILES string of the molecule is C=C1COC2(CCC(C(C)(C)C)CC2)OC1. The normalized spacial score (nSPS) is 27.3. The minimum Gasteiger partial charge on any atom is -0.346 e. The summed E-state index contributed by atoms with van der Waals surface area (Å²) in [6.45, 7) is 12.3. The fourth-order valence-corrected chi connectivity index (χ4v) is 2.76. The Morgan fingerprint density at radius 2 is 1.62 bits per heavy atom. The van der Waals surface area contributed by atoms with Crippen molar-refractivity contribution in [3.63, 3.8) is 0 Å². The third kappa shape index (κ3) is 2.49. The van der Waals surface area contributed by atoms with Crippen molar-refractivity contribution in [2.75, 3.05) is 13.2 Å². The van der Waals surface area contributed by atoms with Crippen molar-refractivity contribution >= 4 is 0 Å². The van der Waals surface area contributed by atoms with Gasteiger partial charge in [0.25, 0.3) is 0 Å². The second-order valence-corrected chi connectivity index (χ2v) is 6.38. The Labute approximate surface area is 99.0 Å². The molecule has 0 unspecified atom stereocenters. The Morgan fingerprint density at radius 3 is 2.06 bits per heavy atom. The molecule has 2 nitrogen and oxygen atoms in total. The highest BCUT2D eigenvalue weighted by Gasteiger charge is 2.41. The van der Waals surface area contributed by atoms with Crippen LogP contribution in [0.2, 0.25) is 0 Å². The lowest BCUT2D eigenvalue weighted by molar-refractivity contribution is -0.269. The second kappa shape index (κ2) is 4.15. The highest BCUT2D eigenvalue weighted by Crippen LogP contribution is 2.44. The quantitative estimate of drug-likeness (QED) is 0.586. The van der Waals surface area contributed by atoms with Gasteiger partial charge in [-0.15, -0.1) is 0 Å². The van der Waals surface area contributed by atoms with Crippen molar-refractivity contribution in [1.29, 1.82) is 0 Å². The summed E-state index contributed by atoms with van der Waals surface area (Å²) in [5, 5.41) is 0. The van der Waals surface area contributed by atoms with Crippen molar-refractivity contribution in [3.05, 3.63) is 12.2 Å². The molecule has 0 N–H and O–H groups in total. The van der Waals surface area contributed by atoms with E-state index in [0.717, 1.165) is 24.3 Å². The van der Waals surface area contributed by atoms with Gasteiger partial charge in [0.1, 0.15) is 0 Å². The molecule has 0 aromatic heterocycles. The highest BCUT2D eigenvalue weighted by atomic mass is 16.7. The molecule has 1 aliphatic carbocycles. The molecule has 1 spiro atoms. The van der Waals surface area contributed by atoms with Gasteiger partial charge in [0.15, 0.2) is 5.79 Å². The van der Waals surface area contributed by atoms with Crippen molar-refractivity contribution in [3.8, 4) is 0 Å². The van der Waals surface area contributed by atoms with Crippen molar-refractivity contribution < 1.29 is 9.47 Å². The number of hydrogen-bond donors (Lipinski definition) is 0. The first-order valence-corrected chi connectivity index (χ1v) is 6.36. The van der Waals surface area contributed by atoms with Gasteiger partial charge >= 0.3 is 0 Å². The van der Waals surface area contributed by atoms with E-state index in [9.17, 15) is 0 Å². The number of rotatable bonds is 0. The average molecular weight is 224 g/mol. The van der Waals surface area contributed by atoms with Crippen LogP contribution < -0.4 is 0 Å². The summed E-state index contributed by atoms with van der Waals surface area (Å²) < 4.78 is 11.7. The maximum Gasteiger partial charge on any atom is 0.169 e. The summed E-state index contributed by atoms with van der Waals surface area (Å²) in [5.74, 6) is 0.526. The van der Waals surface area contributed by atoms with Crippen molar-refractivity contribution in [2.24, 2.45) is 11.3 Å². The second-order valence-electron chi connectivity index (χ2n) is 6.38. The largest absolute Gasteiger partial charge is 0.346 e. The molecule has 2 rings (SSSR count). The smallest absolute Gasteiger partial charge is 0.169 e. The van der Waals surface area contributed by atoms with Gasteiger partial charge in [-0.1, -0.05) is 27.4 Å². The molecule has 1 saturated carbocycles. The third-order valence-corrected chi connectivity index (χ3v) is 4.05. The molecule has 0 radical (unpaired) electrons. The summed E-state index contributed by atoms with van der Waals surface area (Å²) >= 11 is 0. The van der Waals surface area contributed by atoms with E-state index in [-0.39, 0.29) is 5.79 Å². The van der Waals surface area contributed by atoms with Gasteiger partial charge in [0.05, 0.1) is 13.2 Å². The highest BCUT2D eigenvalue weighted by molar-refractivity contribution is 4.99. The molecule has 2 aliphatic rings. The summed E-state index contributed by atoms with van der Waals surface area (Å²) in [7, 11) is 0. The Hall–Kier alpha value is -0.340. The van der Waals surface area contributed by atoms with Crippen LogP contribution >= 0.6 is 0 Å². The van der Waals surface area contributed by atoms with E-state index in [1.165, 1.54) is 12.8 Å². The fraction of sp³-hybridized carbons (Fsp3) is 0.857. The molecule has 1 heterocycles. The van der Waals surface area contributed by atoms with Crippen LogP contribution in [-0.4, -0.2) is 19.0 Å². The average Bonchev–Trinajstić information content (AvgIpc) is 2.22. The molecule has 0 atom stereocenters. The van der Waals surface area contributed by atoms with Crippen LogP contribution in [0.25, 0.3) is 0 Å². The summed E-state index contributed by atoms with van der Waals surface area (Å²) in [5.41, 5.74) is 1.48. The molecule has 92 valence electrons. The lowest BCUT2D eigenvalue weighted by atomic mass is 9.71. The van der Waals surface area contributed by atoms with Crippen molar-refractivity contribution in [2.45, 2.75) is 52.2 Å². The standard InChI is InChI=1S/C14H24O2/c1-11-9-15-14(16-10-11)7-5-12(6-8-14)13(2,3)4/h12H,1,5-10H2,2-4H3. The molecule has 1 saturated heterocycles. The molecule has 0 aromatic carbocycles. The Morgan fingerprint density at radius 1 is 1.12 bits per heavy atom. The molecule has 2 fully saturated rings. The van der Waals surface area contributed by atoms with Gasteiger partial charge in [-0.3, -0.25) is 0 Å². The Kier molecular flexibility index (Phi) is 3.15. The maximum atomic E-state index is 5.86. The summed E-state index contributed by atoms with van der Waals surface area (Å²) in [6, 6.07) is 0. The van der Waals surface area contributed by atoms with E-state index in [4.69, 9.17) is 9.47 Å². The first-order chi connectivity index (χ1) is 7.41. The molecule has 16 heavy (non-hydrogen) atoms. The maximum absolute atomic E-state index is 5.86. The topological polar surface area (TPSA) is 18.5 Å². The van der Waals surface area contributed by atoms with Gasteiger partial charge in [-0.05, 0) is 29.7 Å². The van der Waals surface area contributed by atoms with Gasteiger partial charge in [-0.25, -0.2) is 0 Å². The van der Waals surface area contributed by atoms with Crippen LogP contribution in [0, 0.1) is 11.3 Å². The first kappa shape index (κ1) is 12.1. The molecular formula is C14H24O2. The predicted octanol–water partition coefficient (Wildman–Crippen LogP) is 3.52. The lowest BCUT2D eigenvalue weighted by Gasteiger charge is -2.45. The van der Waals surface area contributed by atoms with E-state index in [1.807, 2.05) is 0 Å².